The fourth-order valence-electron chi connectivity index (χ4n) is 9.74. The van der Waals surface area contributed by atoms with E-state index in [2.05, 4.69) is 52.0 Å². The molecule has 0 bridgehead atoms. The van der Waals surface area contributed by atoms with E-state index < -0.39 is 20.2 Å². The molecular weight excluding hydrogens is 1020 g/mol. The number of unbranched alkanes of at least 4 members (excludes halogenated alkanes) is 28. The van der Waals surface area contributed by atoms with Crippen molar-refractivity contribution >= 4 is 90.7 Å². The van der Waals surface area contributed by atoms with E-state index in [0.717, 1.165) is 60.1 Å². The Balaban J connectivity index is 0.000000467. The second-order valence-electron chi connectivity index (χ2n) is 20.1. The van der Waals surface area contributed by atoms with Gasteiger partial charge in [-0.1, -0.05) is 244 Å². The average Bonchev–Trinajstić information content (AvgIpc) is 3.31. The Bertz CT molecular complexity index is 2030. The third-order valence-corrected chi connectivity index (χ3v) is 15.8. The van der Waals surface area contributed by atoms with E-state index >= 15 is 0 Å². The molecule has 0 aliphatic rings. The Labute approximate surface area is 463 Å². The van der Waals surface area contributed by atoms with Gasteiger partial charge in [0.25, 0.3) is 0 Å². The SMILES string of the molecule is CCCCCCCCCCc1ccc2cc(S(=O)(=O)[O-])c(CCCCCCCCCC)cc2c1.CCCCCCCCCCc1ccc2cc(S(=O)(=O)[O-])c(CCCCCCCCCC)cc2c1.[Ba+2]. The molecule has 0 radical (unpaired) electrons. The minimum Gasteiger partial charge on any atom is -0.744 e. The second-order valence-corrected chi connectivity index (χ2v) is 22.8. The van der Waals surface area contributed by atoms with Gasteiger partial charge in [0.1, 0.15) is 20.2 Å². The van der Waals surface area contributed by atoms with E-state index in [1.54, 1.807) is 12.1 Å². The van der Waals surface area contributed by atoms with Crippen molar-refractivity contribution in [2.24, 2.45) is 0 Å². The van der Waals surface area contributed by atoms with Gasteiger partial charge < -0.3 is 9.11 Å². The van der Waals surface area contributed by atoms with Crippen LogP contribution in [0.2, 0.25) is 0 Å². The summed E-state index contributed by atoms with van der Waals surface area (Å²) in [6.45, 7) is 8.96. The molecule has 0 amide bonds. The molecule has 0 N–H and O–H groups in total. The molecule has 9 heteroatoms. The second kappa shape index (κ2) is 38.4. The fourth-order valence-corrected chi connectivity index (χ4v) is 11.2. The molecule has 0 heterocycles. The molecule has 4 rings (SSSR count). The summed E-state index contributed by atoms with van der Waals surface area (Å²) >= 11 is 0. The standard InChI is InChI=1S/2C30H48O3S.Ba/c2*1-3-5-7-9-11-13-15-17-19-26-21-22-27-25-30(34(31,32)33)28(24-29(27)23-26)20-18-16-14-12-10-8-6-4-2;/h2*21-25H,3-20H2,1-2H3,(H,31,32,33);/q;;+2/p-2. The average molecular weight is 1110 g/mol. The first-order valence-corrected chi connectivity index (χ1v) is 30.8. The van der Waals surface area contributed by atoms with E-state index in [0.29, 0.717) is 24.0 Å². The number of benzene rings is 4. The van der Waals surface area contributed by atoms with Crippen molar-refractivity contribution in [3.63, 3.8) is 0 Å². The van der Waals surface area contributed by atoms with Crippen molar-refractivity contribution < 1.29 is 25.9 Å². The molecule has 0 aliphatic heterocycles. The van der Waals surface area contributed by atoms with E-state index in [1.807, 2.05) is 24.3 Å². The first-order valence-electron chi connectivity index (χ1n) is 27.9. The third-order valence-electron chi connectivity index (χ3n) is 13.9. The maximum Gasteiger partial charge on any atom is 2.00 e. The summed E-state index contributed by atoms with van der Waals surface area (Å²) in [4.78, 5) is -0.0578. The summed E-state index contributed by atoms with van der Waals surface area (Å²) in [7, 11) is -8.94. The molecule has 0 spiro atoms. The van der Waals surface area contributed by atoms with Crippen LogP contribution in [0.3, 0.4) is 0 Å². The minimum absolute atomic E-state index is 0. The van der Waals surface area contributed by atoms with Crippen molar-refractivity contribution in [2.45, 2.75) is 269 Å². The zero-order valence-electron chi connectivity index (χ0n) is 44.2. The van der Waals surface area contributed by atoms with Crippen LogP contribution in [-0.4, -0.2) is 74.8 Å². The molecule has 0 saturated heterocycles. The molecule has 69 heavy (non-hydrogen) atoms. The summed E-state index contributed by atoms with van der Waals surface area (Å²) in [6, 6.07) is 19.6. The number of aryl methyl sites for hydroxylation is 4. The van der Waals surface area contributed by atoms with Crippen molar-refractivity contribution in [1.29, 1.82) is 0 Å². The number of hydrogen-bond donors (Lipinski definition) is 0. The third kappa shape index (κ3) is 27.6. The molecular formula is C60H94BaO6S2. The van der Waals surface area contributed by atoms with Crippen molar-refractivity contribution in [2.75, 3.05) is 0 Å². The van der Waals surface area contributed by atoms with Crippen LogP contribution in [0, 0.1) is 0 Å². The van der Waals surface area contributed by atoms with Crippen LogP contribution < -0.4 is 0 Å². The molecule has 0 fully saturated rings. The van der Waals surface area contributed by atoms with E-state index in [9.17, 15) is 25.9 Å². The fraction of sp³-hybridized carbons (Fsp3) is 0.667. The Kier molecular flexibility index (Phi) is 35.5. The summed E-state index contributed by atoms with van der Waals surface area (Å²) < 4.78 is 71.6. The van der Waals surface area contributed by atoms with Gasteiger partial charge in [-0.3, -0.25) is 0 Å². The maximum absolute atomic E-state index is 11.9. The van der Waals surface area contributed by atoms with E-state index in [-0.39, 0.29) is 58.7 Å². The van der Waals surface area contributed by atoms with Crippen molar-refractivity contribution in [1.82, 2.24) is 0 Å². The largest absolute Gasteiger partial charge is 2.00 e. The van der Waals surface area contributed by atoms with Gasteiger partial charge in [-0.25, -0.2) is 16.8 Å². The van der Waals surface area contributed by atoms with Crippen LogP contribution in [0.5, 0.6) is 0 Å². The number of fused-ring (bicyclic) bond motifs is 2. The molecule has 384 valence electrons. The molecule has 4 aromatic rings. The zero-order chi connectivity index (χ0) is 49.3. The van der Waals surface area contributed by atoms with Gasteiger partial charge in [-0.15, -0.1) is 0 Å². The summed E-state index contributed by atoms with van der Waals surface area (Å²) in [6.07, 6.45) is 43.6. The Morgan fingerprint density at radius 1 is 0.304 bits per heavy atom. The Morgan fingerprint density at radius 2 is 0.551 bits per heavy atom. The summed E-state index contributed by atoms with van der Waals surface area (Å²) in [5, 5.41) is 3.79. The van der Waals surface area contributed by atoms with Crippen LogP contribution in [0.4, 0.5) is 0 Å². The van der Waals surface area contributed by atoms with Crippen LogP contribution in [0.15, 0.2) is 70.5 Å². The monoisotopic (exact) mass is 1110 g/mol. The van der Waals surface area contributed by atoms with Gasteiger partial charge in [0.05, 0.1) is 9.79 Å². The van der Waals surface area contributed by atoms with Crippen molar-refractivity contribution in [3.8, 4) is 0 Å². The van der Waals surface area contributed by atoms with Gasteiger partial charge in [0.15, 0.2) is 0 Å². The normalized spacial score (nSPS) is 11.8. The summed E-state index contributed by atoms with van der Waals surface area (Å²) in [5.41, 5.74) is 3.99. The molecule has 0 unspecified atom stereocenters. The molecule has 0 aliphatic carbocycles. The van der Waals surface area contributed by atoms with Crippen LogP contribution in [0.25, 0.3) is 21.5 Å². The Morgan fingerprint density at radius 3 is 0.812 bits per heavy atom. The van der Waals surface area contributed by atoms with Gasteiger partial charge >= 0.3 is 48.9 Å². The van der Waals surface area contributed by atoms with E-state index in [4.69, 9.17) is 0 Å². The van der Waals surface area contributed by atoms with Crippen LogP contribution in [-0.2, 0) is 45.9 Å². The predicted molar refractivity (Wildman–Crippen MR) is 295 cm³/mol. The predicted octanol–water partition coefficient (Wildman–Crippen LogP) is 17.8. The van der Waals surface area contributed by atoms with Gasteiger partial charge in [0, 0.05) is 0 Å². The first-order chi connectivity index (χ1) is 32.9. The maximum atomic E-state index is 11.9. The van der Waals surface area contributed by atoms with E-state index in [1.165, 1.54) is 191 Å². The molecule has 0 aromatic heterocycles. The summed E-state index contributed by atoms with van der Waals surface area (Å²) in [5.74, 6) is 0. The first kappa shape index (κ1) is 63.9. The number of hydrogen-bond acceptors (Lipinski definition) is 6. The van der Waals surface area contributed by atoms with Crippen LogP contribution in [0.1, 0.15) is 255 Å². The zero-order valence-corrected chi connectivity index (χ0v) is 50.3. The smallest absolute Gasteiger partial charge is 0.744 e. The van der Waals surface area contributed by atoms with Gasteiger partial charge in [-0.2, -0.15) is 0 Å². The molecule has 0 saturated carbocycles. The Hall–Kier alpha value is -1.21. The van der Waals surface area contributed by atoms with Crippen LogP contribution >= 0.6 is 0 Å². The molecule has 6 nitrogen and oxygen atoms in total. The van der Waals surface area contributed by atoms with Crippen molar-refractivity contribution in [3.05, 3.63) is 82.9 Å². The topological polar surface area (TPSA) is 114 Å². The van der Waals surface area contributed by atoms with Gasteiger partial charge in [0.2, 0.25) is 0 Å². The van der Waals surface area contributed by atoms with Gasteiger partial charge in [-0.05, 0) is 119 Å². The quantitative estimate of drug-likeness (QED) is 0.0251. The minimum atomic E-state index is -4.47. The number of rotatable bonds is 38. The molecule has 4 aromatic carbocycles. The molecule has 0 atom stereocenters.